The van der Waals surface area contributed by atoms with E-state index in [1.807, 2.05) is 19.1 Å². The molecule has 0 saturated heterocycles. The summed E-state index contributed by atoms with van der Waals surface area (Å²) in [5, 5.41) is 14.3. The fourth-order valence-electron chi connectivity index (χ4n) is 2.08. The molecule has 1 heterocycles. The summed E-state index contributed by atoms with van der Waals surface area (Å²) in [6.07, 6.45) is 5.39. The molecule has 1 aromatic heterocycles. The Labute approximate surface area is 116 Å². The molecule has 106 valence electrons. The summed E-state index contributed by atoms with van der Waals surface area (Å²) in [6.45, 7) is 2.27. The van der Waals surface area contributed by atoms with Gasteiger partial charge in [-0.15, -0.1) is 0 Å². The van der Waals surface area contributed by atoms with E-state index in [-0.39, 0.29) is 12.1 Å². The number of aromatic nitrogens is 1. The van der Waals surface area contributed by atoms with Crippen LogP contribution in [-0.4, -0.2) is 28.1 Å². The van der Waals surface area contributed by atoms with Gasteiger partial charge in [-0.25, -0.2) is 4.79 Å². The lowest BCUT2D eigenvalue weighted by molar-refractivity contribution is -0.140. The van der Waals surface area contributed by atoms with E-state index >= 15 is 0 Å². The number of amides is 2. The number of hydrogen-bond acceptors (Lipinski definition) is 3. The SMILES string of the molecule is Cc1cccnc1CNC(=O)NC1C=CC(C(=O)O)C1. The van der Waals surface area contributed by atoms with Gasteiger partial charge < -0.3 is 15.7 Å². The normalized spacial score (nSPS) is 20.6. The van der Waals surface area contributed by atoms with E-state index in [0.29, 0.717) is 13.0 Å². The Balaban J connectivity index is 1.78. The van der Waals surface area contributed by atoms with Gasteiger partial charge in [0.15, 0.2) is 0 Å². The fourth-order valence-corrected chi connectivity index (χ4v) is 2.08. The van der Waals surface area contributed by atoms with Crippen molar-refractivity contribution in [1.29, 1.82) is 0 Å². The van der Waals surface area contributed by atoms with Gasteiger partial charge in [0.1, 0.15) is 0 Å². The van der Waals surface area contributed by atoms with E-state index < -0.39 is 11.9 Å². The van der Waals surface area contributed by atoms with Crippen molar-refractivity contribution in [1.82, 2.24) is 15.6 Å². The first-order valence-corrected chi connectivity index (χ1v) is 6.42. The highest BCUT2D eigenvalue weighted by Crippen LogP contribution is 2.17. The summed E-state index contributed by atoms with van der Waals surface area (Å²) >= 11 is 0. The Morgan fingerprint density at radius 3 is 2.90 bits per heavy atom. The van der Waals surface area contributed by atoms with Crippen LogP contribution in [0.2, 0.25) is 0 Å². The lowest BCUT2D eigenvalue weighted by Crippen LogP contribution is -2.40. The first-order valence-electron chi connectivity index (χ1n) is 6.42. The summed E-state index contributed by atoms with van der Waals surface area (Å²) in [6, 6.07) is 3.21. The number of aryl methyl sites for hydroxylation is 1. The Morgan fingerprint density at radius 1 is 1.45 bits per heavy atom. The first-order chi connectivity index (χ1) is 9.56. The first kappa shape index (κ1) is 14.0. The molecule has 0 saturated carbocycles. The van der Waals surface area contributed by atoms with E-state index in [2.05, 4.69) is 15.6 Å². The van der Waals surface area contributed by atoms with Gasteiger partial charge in [-0.3, -0.25) is 9.78 Å². The lowest BCUT2D eigenvalue weighted by Gasteiger charge is -2.13. The number of urea groups is 1. The molecule has 1 aromatic rings. The summed E-state index contributed by atoms with van der Waals surface area (Å²) in [5.74, 6) is -1.38. The number of hydrogen-bond donors (Lipinski definition) is 3. The maximum Gasteiger partial charge on any atom is 0.315 e. The molecule has 0 fully saturated rings. The van der Waals surface area contributed by atoms with E-state index in [1.165, 1.54) is 0 Å². The van der Waals surface area contributed by atoms with Gasteiger partial charge in [0.25, 0.3) is 0 Å². The van der Waals surface area contributed by atoms with Crippen LogP contribution in [0.4, 0.5) is 4.79 Å². The maximum atomic E-state index is 11.7. The van der Waals surface area contributed by atoms with Gasteiger partial charge >= 0.3 is 12.0 Å². The number of carboxylic acids is 1. The predicted octanol–water partition coefficient (Wildman–Crippen LogP) is 1.22. The fraction of sp³-hybridized carbons (Fsp3) is 0.357. The number of nitrogens with zero attached hydrogens (tertiary/aromatic N) is 1. The van der Waals surface area contributed by atoms with Gasteiger partial charge in [-0.1, -0.05) is 18.2 Å². The third kappa shape index (κ3) is 3.57. The van der Waals surface area contributed by atoms with Crippen LogP contribution in [0.5, 0.6) is 0 Å². The van der Waals surface area contributed by atoms with Gasteiger partial charge in [-0.05, 0) is 25.0 Å². The Kier molecular flexibility index (Phi) is 4.34. The van der Waals surface area contributed by atoms with E-state index in [4.69, 9.17) is 5.11 Å². The molecule has 1 aliphatic rings. The van der Waals surface area contributed by atoms with Crippen LogP contribution in [0.1, 0.15) is 17.7 Å². The second-order valence-electron chi connectivity index (χ2n) is 4.77. The van der Waals surface area contributed by atoms with Crippen LogP contribution < -0.4 is 10.6 Å². The highest BCUT2D eigenvalue weighted by Gasteiger charge is 2.25. The van der Waals surface area contributed by atoms with Crippen LogP contribution in [-0.2, 0) is 11.3 Å². The molecular weight excluding hydrogens is 258 g/mol. The minimum atomic E-state index is -0.866. The summed E-state index contributed by atoms with van der Waals surface area (Å²) in [4.78, 5) is 26.7. The standard InChI is InChI=1S/C14H17N3O3/c1-9-3-2-6-15-12(9)8-16-14(20)17-11-5-4-10(7-11)13(18)19/h2-6,10-11H,7-8H2,1H3,(H,18,19)(H2,16,17,20). The minimum absolute atomic E-state index is 0.235. The number of carboxylic acid groups (broad SMARTS) is 1. The second kappa shape index (κ2) is 6.18. The van der Waals surface area contributed by atoms with Crippen molar-refractivity contribution < 1.29 is 14.7 Å². The van der Waals surface area contributed by atoms with Gasteiger partial charge in [0.05, 0.1) is 24.2 Å². The Hall–Kier alpha value is -2.37. The average Bonchev–Trinajstić information content (AvgIpc) is 2.86. The highest BCUT2D eigenvalue weighted by molar-refractivity contribution is 5.76. The van der Waals surface area contributed by atoms with Crippen LogP contribution >= 0.6 is 0 Å². The van der Waals surface area contributed by atoms with E-state index in [9.17, 15) is 9.59 Å². The Bertz CT molecular complexity index is 542. The van der Waals surface area contributed by atoms with Crippen molar-refractivity contribution in [2.75, 3.05) is 0 Å². The van der Waals surface area contributed by atoms with Crippen molar-refractivity contribution in [2.24, 2.45) is 5.92 Å². The number of pyridine rings is 1. The van der Waals surface area contributed by atoms with Crippen molar-refractivity contribution in [3.63, 3.8) is 0 Å². The van der Waals surface area contributed by atoms with E-state index in [1.54, 1.807) is 18.3 Å². The monoisotopic (exact) mass is 275 g/mol. The molecule has 0 aliphatic heterocycles. The van der Waals surface area contributed by atoms with Gasteiger partial charge in [0, 0.05) is 6.20 Å². The zero-order valence-electron chi connectivity index (χ0n) is 11.2. The quantitative estimate of drug-likeness (QED) is 0.720. The highest BCUT2D eigenvalue weighted by atomic mass is 16.4. The van der Waals surface area contributed by atoms with Crippen LogP contribution in [0, 0.1) is 12.8 Å². The molecule has 2 rings (SSSR count). The lowest BCUT2D eigenvalue weighted by atomic mass is 10.1. The van der Waals surface area contributed by atoms with Gasteiger partial charge in [-0.2, -0.15) is 0 Å². The predicted molar refractivity (Wildman–Crippen MR) is 73.0 cm³/mol. The molecule has 3 N–H and O–H groups in total. The minimum Gasteiger partial charge on any atom is -0.481 e. The van der Waals surface area contributed by atoms with Crippen LogP contribution in [0.25, 0.3) is 0 Å². The van der Waals surface area contributed by atoms with E-state index in [0.717, 1.165) is 11.3 Å². The smallest absolute Gasteiger partial charge is 0.315 e. The van der Waals surface area contributed by atoms with Crippen LogP contribution in [0.15, 0.2) is 30.5 Å². The molecule has 0 aromatic carbocycles. The molecule has 2 amide bonds. The molecule has 20 heavy (non-hydrogen) atoms. The molecule has 0 bridgehead atoms. The topological polar surface area (TPSA) is 91.3 Å². The second-order valence-corrected chi connectivity index (χ2v) is 4.77. The van der Waals surface area contributed by atoms with Crippen molar-refractivity contribution in [2.45, 2.75) is 25.9 Å². The Morgan fingerprint density at radius 2 is 2.25 bits per heavy atom. The average molecular weight is 275 g/mol. The molecular formula is C14H17N3O3. The number of aliphatic carboxylic acids is 1. The molecule has 0 spiro atoms. The summed E-state index contributed by atoms with van der Waals surface area (Å²) in [7, 11) is 0. The molecule has 1 aliphatic carbocycles. The zero-order chi connectivity index (χ0) is 14.5. The van der Waals surface area contributed by atoms with Crippen molar-refractivity contribution >= 4 is 12.0 Å². The molecule has 6 heteroatoms. The molecule has 0 radical (unpaired) electrons. The summed E-state index contributed by atoms with van der Waals surface area (Å²) < 4.78 is 0. The molecule has 2 unspecified atom stereocenters. The van der Waals surface area contributed by atoms with Gasteiger partial charge in [0.2, 0.25) is 0 Å². The number of rotatable bonds is 4. The number of carbonyl (C=O) groups is 2. The number of carbonyl (C=O) groups excluding carboxylic acids is 1. The van der Waals surface area contributed by atoms with Crippen LogP contribution in [0.3, 0.4) is 0 Å². The number of nitrogens with one attached hydrogen (secondary N) is 2. The van der Waals surface area contributed by atoms with Crippen molar-refractivity contribution in [3.8, 4) is 0 Å². The summed E-state index contributed by atoms with van der Waals surface area (Å²) in [5.41, 5.74) is 1.83. The van der Waals surface area contributed by atoms with Crippen molar-refractivity contribution in [3.05, 3.63) is 41.7 Å². The maximum absolute atomic E-state index is 11.7. The zero-order valence-corrected chi connectivity index (χ0v) is 11.2. The third-order valence-corrected chi connectivity index (χ3v) is 3.25. The largest absolute Gasteiger partial charge is 0.481 e. The molecule has 2 atom stereocenters. The molecule has 6 nitrogen and oxygen atoms in total. The third-order valence-electron chi connectivity index (χ3n) is 3.25.